The quantitative estimate of drug-likeness (QED) is 0.539. The number of hydrogen-bond acceptors (Lipinski definition) is 2. The van der Waals surface area contributed by atoms with Crippen LogP contribution in [-0.2, 0) is 6.18 Å². The van der Waals surface area contributed by atoms with Crippen LogP contribution in [0.4, 0.5) is 18.9 Å². The van der Waals surface area contributed by atoms with Gasteiger partial charge in [0.1, 0.15) is 0 Å². The Kier molecular flexibility index (Phi) is 5.34. The summed E-state index contributed by atoms with van der Waals surface area (Å²) in [5.74, 6) is -0.443. The number of alkyl halides is 3. The zero-order chi connectivity index (χ0) is 19.6. The normalized spacial score (nSPS) is 11.3. The molecule has 0 bridgehead atoms. The van der Waals surface area contributed by atoms with E-state index in [9.17, 15) is 18.0 Å². The van der Waals surface area contributed by atoms with E-state index < -0.39 is 17.6 Å². The molecular weight excluding hydrogens is 397 g/mol. The van der Waals surface area contributed by atoms with Crippen molar-refractivity contribution >= 4 is 51.3 Å². The summed E-state index contributed by atoms with van der Waals surface area (Å²) in [5.41, 5.74) is -0.311. The first kappa shape index (κ1) is 19.1. The fraction of sp³-hybridized carbons (Fsp3) is 0.0526. The van der Waals surface area contributed by atoms with Crippen molar-refractivity contribution in [1.82, 2.24) is 5.32 Å². The maximum absolute atomic E-state index is 12.7. The monoisotopic (exact) mass is 408 g/mol. The molecule has 0 saturated carbocycles. The van der Waals surface area contributed by atoms with Crippen molar-refractivity contribution in [3.8, 4) is 0 Å². The van der Waals surface area contributed by atoms with Gasteiger partial charge >= 0.3 is 6.18 Å². The van der Waals surface area contributed by atoms with Crippen LogP contribution in [0.2, 0.25) is 5.02 Å². The number of anilines is 1. The first-order valence-corrected chi connectivity index (χ1v) is 8.50. The number of hydrogen-bond donors (Lipinski definition) is 2. The van der Waals surface area contributed by atoms with E-state index in [1.807, 2.05) is 30.3 Å². The average Bonchev–Trinajstić information content (AvgIpc) is 2.62. The van der Waals surface area contributed by atoms with E-state index in [1.54, 1.807) is 12.1 Å². The van der Waals surface area contributed by atoms with Gasteiger partial charge in [0.15, 0.2) is 5.11 Å². The minimum atomic E-state index is -4.49. The Morgan fingerprint density at radius 3 is 2.33 bits per heavy atom. The van der Waals surface area contributed by atoms with E-state index in [1.165, 1.54) is 0 Å². The van der Waals surface area contributed by atoms with Gasteiger partial charge in [0.05, 0.1) is 16.3 Å². The standard InChI is InChI=1S/C19H12ClF3N2OS/c20-15-10-14(19(21,22)23)7-8-16(15)24-18(27)25-17(26)13-6-5-11-3-1-2-4-12(11)9-13/h1-10H,(H2,24,25,26,27). The van der Waals surface area contributed by atoms with Crippen LogP contribution in [0, 0.1) is 0 Å². The number of fused-ring (bicyclic) bond motifs is 1. The van der Waals surface area contributed by atoms with Gasteiger partial charge in [-0.25, -0.2) is 0 Å². The lowest BCUT2D eigenvalue weighted by molar-refractivity contribution is -0.137. The molecule has 8 heteroatoms. The molecule has 0 fully saturated rings. The first-order valence-electron chi connectivity index (χ1n) is 7.72. The van der Waals surface area contributed by atoms with E-state index in [0.29, 0.717) is 5.56 Å². The molecule has 0 aliphatic rings. The van der Waals surface area contributed by atoms with Crippen molar-refractivity contribution < 1.29 is 18.0 Å². The Hall–Kier alpha value is -2.64. The third-order valence-electron chi connectivity index (χ3n) is 3.78. The molecule has 0 spiro atoms. The van der Waals surface area contributed by atoms with E-state index in [-0.39, 0.29) is 15.8 Å². The average molecular weight is 409 g/mol. The molecule has 138 valence electrons. The van der Waals surface area contributed by atoms with Crippen LogP contribution in [0.3, 0.4) is 0 Å². The van der Waals surface area contributed by atoms with Gasteiger partial charge in [-0.05, 0) is 53.3 Å². The highest BCUT2D eigenvalue weighted by molar-refractivity contribution is 7.80. The second-order valence-electron chi connectivity index (χ2n) is 5.66. The smallest absolute Gasteiger partial charge is 0.331 e. The van der Waals surface area contributed by atoms with Gasteiger partial charge in [0.2, 0.25) is 0 Å². The molecule has 0 heterocycles. The molecule has 0 radical (unpaired) electrons. The summed E-state index contributed by atoms with van der Waals surface area (Å²) in [4.78, 5) is 12.3. The van der Waals surface area contributed by atoms with Gasteiger partial charge < -0.3 is 5.32 Å². The Balaban J connectivity index is 1.70. The van der Waals surface area contributed by atoms with Crippen molar-refractivity contribution in [2.45, 2.75) is 6.18 Å². The predicted octanol–water partition coefficient (Wildman–Crippen LogP) is 5.64. The number of thiocarbonyl (C=S) groups is 1. The summed E-state index contributed by atoms with van der Waals surface area (Å²) < 4.78 is 38.0. The lowest BCUT2D eigenvalue weighted by Crippen LogP contribution is -2.34. The first-order chi connectivity index (χ1) is 12.7. The topological polar surface area (TPSA) is 41.1 Å². The summed E-state index contributed by atoms with van der Waals surface area (Å²) in [6.45, 7) is 0. The fourth-order valence-electron chi connectivity index (χ4n) is 2.45. The molecule has 0 aliphatic heterocycles. The molecule has 1 amide bonds. The summed E-state index contributed by atoms with van der Waals surface area (Å²) in [6, 6.07) is 15.6. The SMILES string of the molecule is O=C(NC(=S)Nc1ccc(C(F)(F)F)cc1Cl)c1ccc2ccccc2c1. The Morgan fingerprint density at radius 1 is 0.963 bits per heavy atom. The van der Waals surface area contributed by atoms with Crippen LogP contribution >= 0.6 is 23.8 Å². The molecule has 3 aromatic carbocycles. The van der Waals surface area contributed by atoms with Gasteiger partial charge in [-0.2, -0.15) is 13.2 Å². The van der Waals surface area contributed by atoms with Crippen molar-refractivity contribution in [2.24, 2.45) is 0 Å². The van der Waals surface area contributed by atoms with Crippen LogP contribution in [0.25, 0.3) is 10.8 Å². The number of nitrogens with one attached hydrogen (secondary N) is 2. The molecule has 0 saturated heterocycles. The summed E-state index contributed by atoms with van der Waals surface area (Å²) in [7, 11) is 0. The highest BCUT2D eigenvalue weighted by Crippen LogP contribution is 2.33. The molecule has 0 atom stereocenters. The Labute approximate surface area is 163 Å². The van der Waals surface area contributed by atoms with Crippen LogP contribution in [0.1, 0.15) is 15.9 Å². The van der Waals surface area contributed by atoms with Crippen LogP contribution in [0.5, 0.6) is 0 Å². The zero-order valence-electron chi connectivity index (χ0n) is 13.6. The van der Waals surface area contributed by atoms with E-state index in [2.05, 4.69) is 10.6 Å². The van der Waals surface area contributed by atoms with Crippen LogP contribution < -0.4 is 10.6 Å². The third-order valence-corrected chi connectivity index (χ3v) is 4.30. The van der Waals surface area contributed by atoms with Crippen LogP contribution in [-0.4, -0.2) is 11.0 Å². The van der Waals surface area contributed by atoms with Crippen molar-refractivity contribution in [2.75, 3.05) is 5.32 Å². The second-order valence-corrected chi connectivity index (χ2v) is 6.48. The third kappa shape index (κ3) is 4.56. The van der Waals surface area contributed by atoms with Crippen molar-refractivity contribution in [1.29, 1.82) is 0 Å². The molecule has 2 N–H and O–H groups in total. The molecule has 3 aromatic rings. The lowest BCUT2D eigenvalue weighted by Gasteiger charge is -2.13. The Morgan fingerprint density at radius 2 is 1.67 bits per heavy atom. The number of carbonyl (C=O) groups excluding carboxylic acids is 1. The van der Waals surface area contributed by atoms with E-state index in [0.717, 1.165) is 29.0 Å². The number of carbonyl (C=O) groups is 1. The maximum atomic E-state index is 12.7. The molecule has 27 heavy (non-hydrogen) atoms. The fourth-order valence-corrected chi connectivity index (χ4v) is 2.88. The summed E-state index contributed by atoms with van der Waals surface area (Å²) in [6.07, 6.45) is -4.49. The Bertz CT molecular complexity index is 1040. The maximum Gasteiger partial charge on any atom is 0.416 e. The molecule has 0 unspecified atom stereocenters. The van der Waals surface area contributed by atoms with Gasteiger partial charge in [-0.3, -0.25) is 10.1 Å². The zero-order valence-corrected chi connectivity index (χ0v) is 15.2. The molecule has 3 nitrogen and oxygen atoms in total. The minimum absolute atomic E-state index is 0.0742. The number of amides is 1. The number of benzene rings is 3. The second kappa shape index (κ2) is 7.54. The number of rotatable bonds is 2. The lowest BCUT2D eigenvalue weighted by atomic mass is 10.1. The largest absolute Gasteiger partial charge is 0.416 e. The highest BCUT2D eigenvalue weighted by atomic mass is 35.5. The van der Waals surface area contributed by atoms with Gasteiger partial charge in [0, 0.05) is 5.56 Å². The van der Waals surface area contributed by atoms with E-state index >= 15 is 0 Å². The molecule has 3 rings (SSSR count). The predicted molar refractivity (Wildman–Crippen MR) is 104 cm³/mol. The summed E-state index contributed by atoms with van der Waals surface area (Å²) in [5, 5.41) is 6.76. The number of halogens is 4. The van der Waals surface area contributed by atoms with Gasteiger partial charge in [0.25, 0.3) is 5.91 Å². The van der Waals surface area contributed by atoms with Crippen LogP contribution in [0.15, 0.2) is 60.7 Å². The van der Waals surface area contributed by atoms with E-state index in [4.69, 9.17) is 23.8 Å². The summed E-state index contributed by atoms with van der Waals surface area (Å²) >= 11 is 10.9. The van der Waals surface area contributed by atoms with Crippen molar-refractivity contribution in [3.05, 3.63) is 76.8 Å². The minimum Gasteiger partial charge on any atom is -0.331 e. The molecule has 0 aromatic heterocycles. The highest BCUT2D eigenvalue weighted by Gasteiger charge is 2.30. The molecule has 0 aliphatic carbocycles. The molecular formula is C19H12ClF3N2OS. The van der Waals surface area contributed by atoms with Gasteiger partial charge in [-0.15, -0.1) is 0 Å². The van der Waals surface area contributed by atoms with Crippen molar-refractivity contribution in [3.63, 3.8) is 0 Å². The van der Waals surface area contributed by atoms with Gasteiger partial charge in [-0.1, -0.05) is 41.9 Å².